The van der Waals surface area contributed by atoms with Crippen molar-refractivity contribution in [3.05, 3.63) is 35.1 Å². The molecule has 0 heterocycles. The largest absolute Gasteiger partial charge is 0.481 e. The molecule has 0 spiro atoms. The van der Waals surface area contributed by atoms with Crippen LogP contribution in [0.1, 0.15) is 49.0 Å². The molecule has 2 N–H and O–H groups in total. The fourth-order valence-electron chi connectivity index (χ4n) is 2.13. The maximum Gasteiger partial charge on any atom is 0.305 e. The Morgan fingerprint density at radius 1 is 1.30 bits per heavy atom. The highest BCUT2D eigenvalue weighted by atomic mass is 19.1. The quantitative estimate of drug-likeness (QED) is 0.842. The summed E-state index contributed by atoms with van der Waals surface area (Å²) in [4.78, 5) is 23.1. The van der Waals surface area contributed by atoms with E-state index in [-0.39, 0.29) is 12.0 Å². The number of benzene rings is 1. The van der Waals surface area contributed by atoms with E-state index >= 15 is 0 Å². The lowest BCUT2D eigenvalue weighted by Gasteiger charge is -2.31. The van der Waals surface area contributed by atoms with E-state index in [1.54, 1.807) is 26.8 Å². The molecule has 0 unspecified atom stereocenters. The van der Waals surface area contributed by atoms with E-state index in [1.807, 2.05) is 0 Å². The number of amides is 1. The third-order valence-corrected chi connectivity index (χ3v) is 3.59. The SMILES string of the molecule is CCC(CC)(CC(=O)O)NC(=O)c1cc(C)ccc1F. The lowest BCUT2D eigenvalue weighted by molar-refractivity contribution is -0.138. The van der Waals surface area contributed by atoms with Gasteiger partial charge in [0.25, 0.3) is 5.91 Å². The Balaban J connectivity index is 3.02. The van der Waals surface area contributed by atoms with Gasteiger partial charge in [-0.3, -0.25) is 9.59 Å². The molecule has 0 saturated heterocycles. The number of aryl methyl sites for hydroxylation is 1. The van der Waals surface area contributed by atoms with Gasteiger partial charge in [-0.15, -0.1) is 0 Å². The van der Waals surface area contributed by atoms with Crippen molar-refractivity contribution in [3.8, 4) is 0 Å². The second kappa shape index (κ2) is 6.50. The van der Waals surface area contributed by atoms with E-state index in [0.717, 1.165) is 5.56 Å². The Morgan fingerprint density at radius 2 is 1.90 bits per heavy atom. The van der Waals surface area contributed by atoms with E-state index in [9.17, 15) is 14.0 Å². The molecule has 1 aromatic rings. The van der Waals surface area contributed by atoms with Crippen molar-refractivity contribution in [3.63, 3.8) is 0 Å². The molecule has 4 nitrogen and oxygen atoms in total. The molecule has 0 bridgehead atoms. The Kier molecular flexibility index (Phi) is 5.25. The fourth-order valence-corrected chi connectivity index (χ4v) is 2.13. The number of carboxylic acids is 1. The number of halogens is 1. The van der Waals surface area contributed by atoms with Gasteiger partial charge in [0.1, 0.15) is 5.82 Å². The Bertz CT molecular complexity index is 510. The van der Waals surface area contributed by atoms with Crippen LogP contribution in [0.15, 0.2) is 18.2 Å². The van der Waals surface area contributed by atoms with Crippen LogP contribution in [0.25, 0.3) is 0 Å². The van der Waals surface area contributed by atoms with Gasteiger partial charge in [-0.1, -0.05) is 25.5 Å². The fraction of sp³-hybridized carbons (Fsp3) is 0.467. The predicted octanol–water partition coefficient (Wildman–Crippen LogP) is 2.90. The summed E-state index contributed by atoms with van der Waals surface area (Å²) in [6, 6.07) is 4.28. The Labute approximate surface area is 118 Å². The topological polar surface area (TPSA) is 66.4 Å². The monoisotopic (exact) mass is 281 g/mol. The number of hydrogen-bond donors (Lipinski definition) is 2. The highest BCUT2D eigenvalue weighted by Crippen LogP contribution is 2.21. The van der Waals surface area contributed by atoms with Gasteiger partial charge in [0.05, 0.1) is 17.5 Å². The molecule has 0 radical (unpaired) electrons. The first-order valence-electron chi connectivity index (χ1n) is 6.64. The van der Waals surface area contributed by atoms with Gasteiger partial charge >= 0.3 is 5.97 Å². The number of carbonyl (C=O) groups excluding carboxylic acids is 1. The number of rotatable bonds is 6. The van der Waals surface area contributed by atoms with Crippen LogP contribution in [0.5, 0.6) is 0 Å². The van der Waals surface area contributed by atoms with Crippen molar-refractivity contribution >= 4 is 11.9 Å². The molecule has 1 rings (SSSR count). The molecule has 0 fully saturated rings. The van der Waals surface area contributed by atoms with Crippen LogP contribution in [0.4, 0.5) is 4.39 Å². The second-order valence-electron chi connectivity index (χ2n) is 5.00. The first-order chi connectivity index (χ1) is 9.33. The maximum atomic E-state index is 13.7. The van der Waals surface area contributed by atoms with Crippen LogP contribution < -0.4 is 5.32 Å². The lowest BCUT2D eigenvalue weighted by atomic mass is 9.88. The zero-order valence-electron chi connectivity index (χ0n) is 12.0. The summed E-state index contributed by atoms with van der Waals surface area (Å²) >= 11 is 0. The minimum Gasteiger partial charge on any atom is -0.481 e. The van der Waals surface area contributed by atoms with Crippen LogP contribution >= 0.6 is 0 Å². The summed E-state index contributed by atoms with van der Waals surface area (Å²) in [7, 11) is 0. The van der Waals surface area contributed by atoms with Crippen molar-refractivity contribution in [2.45, 2.75) is 45.6 Å². The summed E-state index contributed by atoms with van der Waals surface area (Å²) in [5.41, 5.74) is -0.130. The number of hydrogen-bond acceptors (Lipinski definition) is 2. The molecule has 20 heavy (non-hydrogen) atoms. The van der Waals surface area contributed by atoms with E-state index in [1.165, 1.54) is 12.1 Å². The normalized spacial score (nSPS) is 11.2. The summed E-state index contributed by atoms with van der Waals surface area (Å²) in [5, 5.41) is 11.7. The second-order valence-corrected chi connectivity index (χ2v) is 5.00. The third kappa shape index (κ3) is 3.79. The van der Waals surface area contributed by atoms with Gasteiger partial charge in [0, 0.05) is 0 Å². The Morgan fingerprint density at radius 3 is 2.40 bits per heavy atom. The van der Waals surface area contributed by atoms with Gasteiger partial charge < -0.3 is 10.4 Å². The predicted molar refractivity (Wildman–Crippen MR) is 74.2 cm³/mol. The van der Waals surface area contributed by atoms with Gasteiger partial charge in [-0.05, 0) is 31.9 Å². The third-order valence-electron chi connectivity index (χ3n) is 3.59. The number of aliphatic carboxylic acids is 1. The van der Waals surface area contributed by atoms with Gasteiger partial charge in [0.2, 0.25) is 0 Å². The molecule has 0 saturated carbocycles. The summed E-state index contributed by atoms with van der Waals surface area (Å²) < 4.78 is 13.7. The van der Waals surface area contributed by atoms with Crippen molar-refractivity contribution in [1.82, 2.24) is 5.32 Å². The minimum atomic E-state index is -0.987. The molecule has 1 aromatic carbocycles. The average molecular weight is 281 g/mol. The molecule has 0 aliphatic rings. The van der Waals surface area contributed by atoms with Crippen LogP contribution in [-0.4, -0.2) is 22.5 Å². The number of carbonyl (C=O) groups is 2. The minimum absolute atomic E-state index is 0.0540. The lowest BCUT2D eigenvalue weighted by Crippen LogP contribution is -2.49. The molecule has 0 aromatic heterocycles. The molecule has 0 atom stereocenters. The highest BCUT2D eigenvalue weighted by Gasteiger charge is 2.31. The first kappa shape index (κ1) is 16.1. The van der Waals surface area contributed by atoms with E-state index < -0.39 is 23.2 Å². The van der Waals surface area contributed by atoms with Crippen LogP contribution in [0.3, 0.4) is 0 Å². The number of carboxylic acid groups (broad SMARTS) is 1. The van der Waals surface area contributed by atoms with E-state index in [2.05, 4.69) is 5.32 Å². The smallest absolute Gasteiger partial charge is 0.305 e. The van der Waals surface area contributed by atoms with Crippen LogP contribution in [-0.2, 0) is 4.79 Å². The summed E-state index contributed by atoms with van der Waals surface area (Å²) in [6.45, 7) is 5.37. The molecule has 110 valence electrons. The van der Waals surface area contributed by atoms with Gasteiger partial charge in [-0.25, -0.2) is 4.39 Å². The van der Waals surface area contributed by atoms with Crippen molar-refractivity contribution in [2.24, 2.45) is 0 Å². The van der Waals surface area contributed by atoms with Crippen LogP contribution in [0, 0.1) is 12.7 Å². The van der Waals surface area contributed by atoms with Crippen molar-refractivity contribution in [2.75, 3.05) is 0 Å². The van der Waals surface area contributed by atoms with E-state index in [0.29, 0.717) is 12.8 Å². The molecule has 5 heteroatoms. The summed E-state index contributed by atoms with van der Waals surface area (Å²) in [5.74, 6) is -2.17. The Hall–Kier alpha value is -1.91. The molecule has 0 aliphatic heterocycles. The van der Waals surface area contributed by atoms with Gasteiger partial charge in [-0.2, -0.15) is 0 Å². The molecule has 1 amide bonds. The maximum absolute atomic E-state index is 13.7. The molecular weight excluding hydrogens is 261 g/mol. The molecule has 0 aliphatic carbocycles. The molecular formula is C15H20FNO3. The van der Waals surface area contributed by atoms with Crippen molar-refractivity contribution in [1.29, 1.82) is 0 Å². The van der Waals surface area contributed by atoms with Crippen LogP contribution in [0.2, 0.25) is 0 Å². The highest BCUT2D eigenvalue weighted by molar-refractivity contribution is 5.95. The van der Waals surface area contributed by atoms with E-state index in [4.69, 9.17) is 5.11 Å². The van der Waals surface area contributed by atoms with Crippen molar-refractivity contribution < 1.29 is 19.1 Å². The zero-order valence-corrected chi connectivity index (χ0v) is 12.0. The zero-order chi connectivity index (χ0) is 15.3. The van der Waals surface area contributed by atoms with Gasteiger partial charge in [0.15, 0.2) is 0 Å². The standard InChI is InChI=1S/C15H20FNO3/c1-4-15(5-2,9-13(18)19)17-14(20)11-8-10(3)6-7-12(11)16/h6-8H,4-5,9H2,1-3H3,(H,17,20)(H,18,19). The average Bonchev–Trinajstić information content (AvgIpc) is 2.40. The first-order valence-corrected chi connectivity index (χ1v) is 6.64. The number of nitrogens with one attached hydrogen (secondary N) is 1. The summed E-state index contributed by atoms with van der Waals surface area (Å²) in [6.07, 6.45) is 0.753.